The number of nitrogens with zero attached hydrogens (tertiary/aromatic N) is 1. The van der Waals surface area contributed by atoms with Crippen LogP contribution in [0.3, 0.4) is 0 Å². The molecule has 1 N–H and O–H groups in total. The number of amides is 1. The van der Waals surface area contributed by atoms with Gasteiger partial charge in [-0.1, -0.05) is 42.0 Å². The Kier molecular flexibility index (Phi) is 6.65. The van der Waals surface area contributed by atoms with Gasteiger partial charge in [-0.2, -0.15) is 0 Å². The Labute approximate surface area is 183 Å². The number of hydrogen-bond donors (Lipinski definition) is 1. The molecule has 0 saturated heterocycles. The van der Waals surface area contributed by atoms with Gasteiger partial charge in [0.1, 0.15) is 5.75 Å². The zero-order valence-corrected chi connectivity index (χ0v) is 18.9. The lowest BCUT2D eigenvalue weighted by Gasteiger charge is -2.20. The van der Waals surface area contributed by atoms with E-state index in [1.165, 1.54) is 11.0 Å². The van der Waals surface area contributed by atoms with Gasteiger partial charge in [-0.15, -0.1) is 0 Å². The summed E-state index contributed by atoms with van der Waals surface area (Å²) >= 11 is 0. The molecule has 0 saturated carbocycles. The fraction of sp³-hybridized carbons (Fsp3) is 0.208. The Bertz CT molecular complexity index is 1190. The van der Waals surface area contributed by atoms with Crippen molar-refractivity contribution in [1.82, 2.24) is 4.90 Å². The summed E-state index contributed by atoms with van der Waals surface area (Å²) < 4.78 is 33.9. The van der Waals surface area contributed by atoms with Gasteiger partial charge in [0.25, 0.3) is 15.9 Å². The number of benzene rings is 3. The molecule has 3 rings (SSSR count). The minimum Gasteiger partial charge on any atom is -0.496 e. The van der Waals surface area contributed by atoms with Crippen molar-refractivity contribution >= 4 is 21.6 Å². The first-order valence-corrected chi connectivity index (χ1v) is 11.3. The Morgan fingerprint density at radius 2 is 1.68 bits per heavy atom. The molecule has 0 unspecified atom stereocenters. The number of sulfonamides is 1. The number of carbonyl (C=O) groups is 1. The molecule has 0 atom stereocenters. The van der Waals surface area contributed by atoms with Crippen LogP contribution >= 0.6 is 0 Å². The van der Waals surface area contributed by atoms with Crippen LogP contribution in [0.15, 0.2) is 71.6 Å². The highest BCUT2D eigenvalue weighted by Gasteiger charge is 2.21. The van der Waals surface area contributed by atoms with Crippen molar-refractivity contribution in [3.8, 4) is 5.75 Å². The summed E-state index contributed by atoms with van der Waals surface area (Å²) in [6.45, 7) is 3.97. The average Bonchev–Trinajstić information content (AvgIpc) is 2.75. The first kappa shape index (κ1) is 22.4. The summed E-state index contributed by atoms with van der Waals surface area (Å²) in [5.41, 5.74) is 3.22. The molecule has 31 heavy (non-hydrogen) atoms. The molecule has 3 aromatic rings. The lowest BCUT2D eigenvalue weighted by atomic mass is 10.1. The second-order valence-electron chi connectivity index (χ2n) is 7.42. The zero-order chi connectivity index (χ0) is 22.6. The molecule has 7 heteroatoms. The SMILES string of the molecule is COc1ccccc1CN(C)C(=O)c1ccc(C)c(S(=O)(=O)Nc2ccc(C)cc2)c1. The van der Waals surface area contributed by atoms with Crippen molar-refractivity contribution < 1.29 is 17.9 Å². The maximum atomic E-state index is 13.0. The van der Waals surface area contributed by atoms with E-state index in [-0.39, 0.29) is 10.8 Å². The third kappa shape index (κ3) is 5.24. The molecule has 0 aliphatic carbocycles. The molecule has 0 aliphatic heterocycles. The first-order valence-electron chi connectivity index (χ1n) is 9.79. The van der Waals surface area contributed by atoms with Gasteiger partial charge in [0.2, 0.25) is 0 Å². The van der Waals surface area contributed by atoms with Gasteiger partial charge in [-0.3, -0.25) is 9.52 Å². The van der Waals surface area contributed by atoms with Crippen LogP contribution in [0.2, 0.25) is 0 Å². The van der Waals surface area contributed by atoms with E-state index in [9.17, 15) is 13.2 Å². The summed E-state index contributed by atoms with van der Waals surface area (Å²) in [5.74, 6) is 0.411. The van der Waals surface area contributed by atoms with Crippen molar-refractivity contribution in [3.05, 3.63) is 89.0 Å². The van der Waals surface area contributed by atoms with Crippen LogP contribution in [0.5, 0.6) is 5.75 Å². The second-order valence-corrected chi connectivity index (χ2v) is 9.08. The van der Waals surface area contributed by atoms with Crippen LogP contribution in [0, 0.1) is 13.8 Å². The van der Waals surface area contributed by atoms with Crippen molar-refractivity contribution in [3.63, 3.8) is 0 Å². The topological polar surface area (TPSA) is 75.7 Å². The molecule has 1 amide bonds. The number of hydrogen-bond acceptors (Lipinski definition) is 4. The maximum Gasteiger partial charge on any atom is 0.262 e. The minimum atomic E-state index is -3.85. The summed E-state index contributed by atoms with van der Waals surface area (Å²) in [7, 11) is -0.593. The number of rotatable bonds is 7. The van der Waals surface area contributed by atoms with Gasteiger partial charge in [-0.25, -0.2) is 8.42 Å². The van der Waals surface area contributed by atoms with Crippen LogP contribution in [0.4, 0.5) is 5.69 Å². The quantitative estimate of drug-likeness (QED) is 0.594. The fourth-order valence-corrected chi connectivity index (χ4v) is 4.57. The highest BCUT2D eigenvalue weighted by atomic mass is 32.2. The second kappa shape index (κ2) is 9.22. The first-order chi connectivity index (χ1) is 14.7. The van der Waals surface area contributed by atoms with Crippen molar-refractivity contribution in [2.24, 2.45) is 0 Å². The Morgan fingerprint density at radius 3 is 2.35 bits per heavy atom. The fourth-order valence-electron chi connectivity index (χ4n) is 3.24. The Hall–Kier alpha value is -3.32. The zero-order valence-electron chi connectivity index (χ0n) is 18.0. The van der Waals surface area contributed by atoms with Gasteiger partial charge < -0.3 is 9.64 Å². The third-order valence-corrected chi connectivity index (χ3v) is 6.50. The van der Waals surface area contributed by atoms with E-state index in [1.54, 1.807) is 45.3 Å². The number of nitrogens with one attached hydrogen (secondary N) is 1. The molecule has 0 aromatic heterocycles. The molecular formula is C24H26N2O4S. The van der Waals surface area contributed by atoms with Gasteiger partial charge in [0.15, 0.2) is 0 Å². The highest BCUT2D eigenvalue weighted by molar-refractivity contribution is 7.92. The van der Waals surface area contributed by atoms with E-state index in [0.717, 1.165) is 11.1 Å². The van der Waals surface area contributed by atoms with E-state index in [4.69, 9.17) is 4.74 Å². The number of methoxy groups -OCH3 is 1. The van der Waals surface area contributed by atoms with Crippen LogP contribution < -0.4 is 9.46 Å². The number of anilines is 1. The third-order valence-electron chi connectivity index (χ3n) is 4.98. The van der Waals surface area contributed by atoms with E-state index < -0.39 is 10.0 Å². The van der Waals surface area contributed by atoms with E-state index in [1.807, 2.05) is 43.3 Å². The lowest BCUT2D eigenvalue weighted by Crippen LogP contribution is -2.27. The summed E-state index contributed by atoms with van der Waals surface area (Å²) in [6.07, 6.45) is 0. The predicted molar refractivity (Wildman–Crippen MR) is 122 cm³/mol. The monoisotopic (exact) mass is 438 g/mol. The van der Waals surface area contributed by atoms with E-state index in [0.29, 0.717) is 29.1 Å². The van der Waals surface area contributed by atoms with Crippen LogP contribution in [0.1, 0.15) is 27.0 Å². The van der Waals surface area contributed by atoms with Gasteiger partial charge in [0, 0.05) is 30.4 Å². The average molecular weight is 439 g/mol. The summed E-state index contributed by atoms with van der Waals surface area (Å²) in [4.78, 5) is 14.6. The number of carbonyl (C=O) groups excluding carboxylic acids is 1. The number of aryl methyl sites for hydroxylation is 2. The van der Waals surface area contributed by atoms with Gasteiger partial charge in [0.05, 0.1) is 12.0 Å². The van der Waals surface area contributed by atoms with Crippen LogP contribution in [-0.4, -0.2) is 33.4 Å². The normalized spacial score (nSPS) is 11.1. The molecule has 6 nitrogen and oxygen atoms in total. The smallest absolute Gasteiger partial charge is 0.262 e. The van der Waals surface area contributed by atoms with E-state index in [2.05, 4.69) is 4.72 Å². The molecule has 0 spiro atoms. The van der Waals surface area contributed by atoms with Gasteiger partial charge >= 0.3 is 0 Å². The molecule has 3 aromatic carbocycles. The molecule has 0 heterocycles. The van der Waals surface area contributed by atoms with Crippen molar-refractivity contribution in [1.29, 1.82) is 0 Å². The number of para-hydroxylation sites is 1. The minimum absolute atomic E-state index is 0.0737. The Morgan fingerprint density at radius 1 is 1.00 bits per heavy atom. The van der Waals surface area contributed by atoms with Crippen LogP contribution in [0.25, 0.3) is 0 Å². The van der Waals surface area contributed by atoms with Crippen molar-refractivity contribution in [2.75, 3.05) is 18.9 Å². The molecule has 0 radical (unpaired) electrons. The van der Waals surface area contributed by atoms with E-state index >= 15 is 0 Å². The van der Waals surface area contributed by atoms with Crippen molar-refractivity contribution in [2.45, 2.75) is 25.3 Å². The maximum absolute atomic E-state index is 13.0. The molecule has 0 fully saturated rings. The van der Waals surface area contributed by atoms with Crippen LogP contribution in [-0.2, 0) is 16.6 Å². The number of ether oxygens (including phenoxy) is 1. The largest absolute Gasteiger partial charge is 0.496 e. The van der Waals surface area contributed by atoms with Gasteiger partial charge in [-0.05, 0) is 49.7 Å². The summed E-state index contributed by atoms with van der Waals surface area (Å²) in [6, 6.07) is 19.2. The molecular weight excluding hydrogens is 412 g/mol. The lowest BCUT2D eigenvalue weighted by molar-refractivity contribution is 0.0784. The molecule has 0 aliphatic rings. The molecule has 162 valence electrons. The standard InChI is InChI=1S/C24H26N2O4S/c1-17-9-13-21(14-10-17)25-31(28,29)23-15-19(12-11-18(23)2)24(27)26(3)16-20-7-5-6-8-22(20)30-4/h5-15,25H,16H2,1-4H3. The predicted octanol–water partition coefficient (Wildman–Crippen LogP) is 4.39. The summed E-state index contributed by atoms with van der Waals surface area (Å²) in [5, 5.41) is 0. The Balaban J connectivity index is 1.85. The highest BCUT2D eigenvalue weighted by Crippen LogP contribution is 2.23. The molecule has 0 bridgehead atoms.